The summed E-state index contributed by atoms with van der Waals surface area (Å²) in [4.78, 5) is 12.6. The fourth-order valence-corrected chi connectivity index (χ4v) is 2.77. The Balaban J connectivity index is 1.90. The Hall–Kier alpha value is -1.80. The molecule has 0 N–H and O–H groups in total. The molecule has 2 aromatic carbocycles. The second-order valence-corrected chi connectivity index (χ2v) is 5.61. The van der Waals surface area contributed by atoms with Gasteiger partial charge in [-0.05, 0) is 48.7 Å². The van der Waals surface area contributed by atoms with Gasteiger partial charge in [0.15, 0.2) is 6.10 Å². The van der Waals surface area contributed by atoms with E-state index in [1.807, 2.05) is 50.2 Å². The molecule has 1 heterocycles. The number of carbonyl (C=O) groups excluding carboxylic acids is 1. The number of ketones is 1. The van der Waals surface area contributed by atoms with Crippen molar-refractivity contribution in [2.45, 2.75) is 26.4 Å². The van der Waals surface area contributed by atoms with E-state index in [0.29, 0.717) is 17.0 Å². The van der Waals surface area contributed by atoms with Crippen molar-refractivity contribution < 1.29 is 9.53 Å². The second-order valence-electron chi connectivity index (χ2n) is 5.20. The maximum absolute atomic E-state index is 12.6. The van der Waals surface area contributed by atoms with E-state index in [0.717, 1.165) is 22.4 Å². The predicted molar refractivity (Wildman–Crippen MR) is 79.8 cm³/mol. The van der Waals surface area contributed by atoms with Crippen molar-refractivity contribution >= 4 is 17.4 Å². The minimum absolute atomic E-state index is 0.0264. The Kier molecular flexibility index (Phi) is 3.27. The van der Waals surface area contributed by atoms with E-state index in [2.05, 4.69) is 0 Å². The maximum atomic E-state index is 12.6. The zero-order valence-electron chi connectivity index (χ0n) is 11.4. The van der Waals surface area contributed by atoms with Gasteiger partial charge in [-0.1, -0.05) is 29.8 Å². The van der Waals surface area contributed by atoms with E-state index >= 15 is 0 Å². The molecule has 0 saturated heterocycles. The molecule has 1 aliphatic heterocycles. The largest absolute Gasteiger partial charge is 0.482 e. The number of Topliss-reactive ketones (excluding diaryl/α,β-unsaturated/α-hetero) is 1. The SMILES string of the molecule is Cc1cc(C(=O)C2Cc3ccccc3O2)c(C)cc1Cl. The minimum Gasteiger partial charge on any atom is -0.482 e. The van der Waals surface area contributed by atoms with Crippen LogP contribution in [0, 0.1) is 13.8 Å². The summed E-state index contributed by atoms with van der Waals surface area (Å²) < 4.78 is 5.77. The van der Waals surface area contributed by atoms with E-state index in [4.69, 9.17) is 16.3 Å². The van der Waals surface area contributed by atoms with Gasteiger partial charge in [0.1, 0.15) is 5.75 Å². The van der Waals surface area contributed by atoms with Crippen LogP contribution in [0.4, 0.5) is 0 Å². The van der Waals surface area contributed by atoms with E-state index in [1.54, 1.807) is 0 Å². The summed E-state index contributed by atoms with van der Waals surface area (Å²) in [5, 5.41) is 0.690. The van der Waals surface area contributed by atoms with Crippen molar-refractivity contribution in [3.8, 4) is 5.75 Å². The minimum atomic E-state index is -0.424. The zero-order valence-corrected chi connectivity index (χ0v) is 12.2. The summed E-state index contributed by atoms with van der Waals surface area (Å²) in [7, 11) is 0. The third-order valence-electron chi connectivity index (χ3n) is 3.71. The van der Waals surface area contributed by atoms with Gasteiger partial charge in [-0.25, -0.2) is 0 Å². The number of hydrogen-bond acceptors (Lipinski definition) is 2. The summed E-state index contributed by atoms with van der Waals surface area (Å²) in [6.45, 7) is 3.81. The van der Waals surface area contributed by atoms with Crippen LogP contribution in [0.25, 0.3) is 0 Å². The third kappa shape index (κ3) is 2.20. The summed E-state index contributed by atoms with van der Waals surface area (Å²) in [6, 6.07) is 11.5. The van der Waals surface area contributed by atoms with Gasteiger partial charge in [0, 0.05) is 17.0 Å². The second kappa shape index (κ2) is 4.95. The lowest BCUT2D eigenvalue weighted by Gasteiger charge is -2.13. The standard InChI is InChI=1S/C17H15ClO2/c1-10-8-14(18)11(2)7-13(10)17(19)16-9-12-5-3-4-6-15(12)20-16/h3-8,16H,9H2,1-2H3. The first-order valence-corrected chi connectivity index (χ1v) is 6.99. The Labute approximate surface area is 123 Å². The van der Waals surface area contributed by atoms with E-state index in [-0.39, 0.29) is 5.78 Å². The van der Waals surface area contributed by atoms with Gasteiger partial charge in [-0.2, -0.15) is 0 Å². The van der Waals surface area contributed by atoms with Crippen LogP contribution >= 0.6 is 11.6 Å². The molecule has 2 aromatic rings. The number of aryl methyl sites for hydroxylation is 2. The number of carbonyl (C=O) groups is 1. The van der Waals surface area contributed by atoms with Crippen LogP contribution in [-0.4, -0.2) is 11.9 Å². The molecule has 20 heavy (non-hydrogen) atoms. The molecule has 2 nitrogen and oxygen atoms in total. The number of halogens is 1. The highest BCUT2D eigenvalue weighted by Crippen LogP contribution is 2.31. The molecule has 0 saturated carbocycles. The van der Waals surface area contributed by atoms with Gasteiger partial charge in [0.2, 0.25) is 5.78 Å². The highest BCUT2D eigenvalue weighted by Gasteiger charge is 2.30. The zero-order chi connectivity index (χ0) is 14.3. The molecule has 3 rings (SSSR count). The van der Waals surface area contributed by atoms with Gasteiger partial charge in [-0.15, -0.1) is 0 Å². The quantitative estimate of drug-likeness (QED) is 0.776. The van der Waals surface area contributed by atoms with Gasteiger partial charge in [0.25, 0.3) is 0 Å². The number of benzene rings is 2. The van der Waals surface area contributed by atoms with Crippen molar-refractivity contribution in [1.29, 1.82) is 0 Å². The molecular formula is C17H15ClO2. The smallest absolute Gasteiger partial charge is 0.203 e. The first-order valence-electron chi connectivity index (χ1n) is 6.62. The average molecular weight is 287 g/mol. The molecule has 0 aliphatic carbocycles. The van der Waals surface area contributed by atoms with Crippen LogP contribution in [0.1, 0.15) is 27.0 Å². The molecule has 102 valence electrons. The summed E-state index contributed by atoms with van der Waals surface area (Å²) in [5.41, 5.74) is 3.60. The van der Waals surface area contributed by atoms with Crippen molar-refractivity contribution in [3.63, 3.8) is 0 Å². The van der Waals surface area contributed by atoms with Crippen molar-refractivity contribution in [2.75, 3.05) is 0 Å². The van der Waals surface area contributed by atoms with Gasteiger partial charge >= 0.3 is 0 Å². The van der Waals surface area contributed by atoms with Crippen LogP contribution in [0.15, 0.2) is 36.4 Å². The van der Waals surface area contributed by atoms with E-state index in [1.165, 1.54) is 0 Å². The average Bonchev–Trinajstić information content (AvgIpc) is 2.86. The Morgan fingerprint density at radius 2 is 1.95 bits per heavy atom. The normalized spacial score (nSPS) is 16.6. The fourth-order valence-electron chi connectivity index (χ4n) is 2.55. The molecule has 1 atom stereocenters. The lowest BCUT2D eigenvalue weighted by molar-refractivity contribution is 0.0824. The molecular weight excluding hydrogens is 272 g/mol. The molecule has 3 heteroatoms. The number of hydrogen-bond donors (Lipinski definition) is 0. The monoisotopic (exact) mass is 286 g/mol. The Morgan fingerprint density at radius 1 is 1.20 bits per heavy atom. The Bertz CT molecular complexity index is 666. The first-order chi connectivity index (χ1) is 9.56. The lowest BCUT2D eigenvalue weighted by Crippen LogP contribution is -2.26. The third-order valence-corrected chi connectivity index (χ3v) is 4.12. The molecule has 0 bridgehead atoms. The van der Waals surface area contributed by atoms with Crippen LogP contribution in [-0.2, 0) is 6.42 Å². The molecule has 0 aromatic heterocycles. The van der Waals surface area contributed by atoms with Crippen LogP contribution < -0.4 is 4.74 Å². The molecule has 1 unspecified atom stereocenters. The maximum Gasteiger partial charge on any atom is 0.203 e. The van der Waals surface area contributed by atoms with Gasteiger partial charge in [0.05, 0.1) is 0 Å². The van der Waals surface area contributed by atoms with Crippen molar-refractivity contribution in [1.82, 2.24) is 0 Å². The van der Waals surface area contributed by atoms with Gasteiger partial charge < -0.3 is 4.74 Å². The lowest BCUT2D eigenvalue weighted by atomic mass is 9.96. The summed E-state index contributed by atoms with van der Waals surface area (Å²) in [6.07, 6.45) is 0.211. The van der Waals surface area contributed by atoms with Crippen LogP contribution in [0.2, 0.25) is 5.02 Å². The molecule has 0 fully saturated rings. The number of fused-ring (bicyclic) bond motifs is 1. The topological polar surface area (TPSA) is 26.3 Å². The van der Waals surface area contributed by atoms with E-state index in [9.17, 15) is 4.79 Å². The fraction of sp³-hybridized carbons (Fsp3) is 0.235. The Morgan fingerprint density at radius 3 is 2.70 bits per heavy atom. The summed E-state index contributed by atoms with van der Waals surface area (Å²) in [5.74, 6) is 0.840. The number of rotatable bonds is 2. The van der Waals surface area contributed by atoms with Crippen LogP contribution in [0.5, 0.6) is 5.75 Å². The first kappa shape index (κ1) is 13.2. The molecule has 0 radical (unpaired) electrons. The van der Waals surface area contributed by atoms with Crippen LogP contribution in [0.3, 0.4) is 0 Å². The molecule has 1 aliphatic rings. The highest BCUT2D eigenvalue weighted by atomic mass is 35.5. The highest BCUT2D eigenvalue weighted by molar-refractivity contribution is 6.31. The van der Waals surface area contributed by atoms with Crippen molar-refractivity contribution in [2.24, 2.45) is 0 Å². The van der Waals surface area contributed by atoms with Gasteiger partial charge in [-0.3, -0.25) is 4.79 Å². The summed E-state index contributed by atoms with van der Waals surface area (Å²) >= 11 is 6.08. The predicted octanol–water partition coefficient (Wildman–Crippen LogP) is 4.14. The molecule has 0 amide bonds. The van der Waals surface area contributed by atoms with E-state index < -0.39 is 6.10 Å². The molecule has 0 spiro atoms. The number of ether oxygens (including phenoxy) is 1. The van der Waals surface area contributed by atoms with Crippen molar-refractivity contribution in [3.05, 3.63) is 63.7 Å². The number of para-hydroxylation sites is 1.